The second-order valence-electron chi connectivity index (χ2n) is 4.28. The summed E-state index contributed by atoms with van der Waals surface area (Å²) in [5.74, 6) is 0.0949. The Labute approximate surface area is 96.5 Å². The Hall–Kier alpha value is -1.36. The van der Waals surface area contributed by atoms with Crippen LogP contribution in [0, 0.1) is 0 Å². The van der Waals surface area contributed by atoms with E-state index in [1.54, 1.807) is 31.5 Å². The Bertz CT molecular complexity index is 321. The van der Waals surface area contributed by atoms with Gasteiger partial charge in [-0.25, -0.2) is 4.98 Å². The molecule has 0 saturated heterocycles. The van der Waals surface area contributed by atoms with E-state index in [1.807, 2.05) is 17.7 Å². The summed E-state index contributed by atoms with van der Waals surface area (Å²) in [6.07, 6.45) is 5.44. The molecule has 1 N–H and O–H groups in total. The fourth-order valence-corrected chi connectivity index (χ4v) is 1.65. The lowest BCUT2D eigenvalue weighted by Gasteiger charge is -2.22. The molecule has 0 aliphatic heterocycles. The maximum absolute atomic E-state index is 11.6. The number of carbonyl (C=O) groups is 1. The van der Waals surface area contributed by atoms with Crippen molar-refractivity contribution in [3.63, 3.8) is 0 Å². The molecular formula is C11H20N4O. The summed E-state index contributed by atoms with van der Waals surface area (Å²) in [6.45, 7) is 4.75. The SMILES string of the molecule is CC(Cn1ccnc1)NC(C)C(=O)N(C)C. The average molecular weight is 224 g/mol. The molecule has 0 aliphatic rings. The van der Waals surface area contributed by atoms with Gasteiger partial charge in [-0.15, -0.1) is 0 Å². The average Bonchev–Trinajstić information content (AvgIpc) is 2.68. The lowest BCUT2D eigenvalue weighted by atomic mass is 10.2. The highest BCUT2D eigenvalue weighted by molar-refractivity contribution is 5.80. The number of imidazole rings is 1. The molecule has 0 radical (unpaired) electrons. The third-order valence-corrected chi connectivity index (χ3v) is 2.39. The fraction of sp³-hybridized carbons (Fsp3) is 0.636. The van der Waals surface area contributed by atoms with Gasteiger partial charge in [-0.05, 0) is 13.8 Å². The van der Waals surface area contributed by atoms with Gasteiger partial charge in [0.05, 0.1) is 12.4 Å². The van der Waals surface area contributed by atoms with Crippen molar-refractivity contribution in [1.29, 1.82) is 0 Å². The van der Waals surface area contributed by atoms with Gasteiger partial charge in [0.2, 0.25) is 5.91 Å². The van der Waals surface area contributed by atoms with E-state index in [9.17, 15) is 4.79 Å². The van der Waals surface area contributed by atoms with Crippen molar-refractivity contribution < 1.29 is 4.79 Å². The van der Waals surface area contributed by atoms with Gasteiger partial charge in [-0.3, -0.25) is 4.79 Å². The third kappa shape index (κ3) is 3.66. The lowest BCUT2D eigenvalue weighted by molar-refractivity contribution is -0.130. The van der Waals surface area contributed by atoms with Crippen LogP contribution >= 0.6 is 0 Å². The second-order valence-corrected chi connectivity index (χ2v) is 4.28. The molecule has 5 nitrogen and oxygen atoms in total. The van der Waals surface area contributed by atoms with Crippen LogP contribution in [-0.4, -0.2) is 46.5 Å². The van der Waals surface area contributed by atoms with Gasteiger partial charge >= 0.3 is 0 Å². The molecular weight excluding hydrogens is 204 g/mol. The Balaban J connectivity index is 2.39. The van der Waals surface area contributed by atoms with Crippen LogP contribution < -0.4 is 5.32 Å². The summed E-state index contributed by atoms with van der Waals surface area (Å²) in [5.41, 5.74) is 0. The minimum absolute atomic E-state index is 0.0949. The predicted molar refractivity (Wildman–Crippen MR) is 63.0 cm³/mol. The smallest absolute Gasteiger partial charge is 0.238 e. The van der Waals surface area contributed by atoms with Gasteiger partial charge in [0.25, 0.3) is 0 Å². The van der Waals surface area contributed by atoms with Crippen LogP contribution in [-0.2, 0) is 11.3 Å². The summed E-state index contributed by atoms with van der Waals surface area (Å²) < 4.78 is 1.99. The monoisotopic (exact) mass is 224 g/mol. The highest BCUT2D eigenvalue weighted by Gasteiger charge is 2.16. The van der Waals surface area contributed by atoms with Crippen LogP contribution in [0.25, 0.3) is 0 Å². The molecule has 0 fully saturated rings. The zero-order valence-corrected chi connectivity index (χ0v) is 10.3. The molecule has 1 amide bonds. The van der Waals surface area contributed by atoms with Crippen molar-refractivity contribution in [1.82, 2.24) is 19.8 Å². The quantitative estimate of drug-likeness (QED) is 0.784. The summed E-state index contributed by atoms with van der Waals surface area (Å²) >= 11 is 0. The van der Waals surface area contributed by atoms with E-state index in [-0.39, 0.29) is 18.0 Å². The maximum Gasteiger partial charge on any atom is 0.238 e. The van der Waals surface area contributed by atoms with E-state index in [2.05, 4.69) is 17.2 Å². The lowest BCUT2D eigenvalue weighted by Crippen LogP contribution is -2.46. The first kappa shape index (κ1) is 12.7. The summed E-state index contributed by atoms with van der Waals surface area (Å²) in [7, 11) is 3.53. The molecule has 90 valence electrons. The second kappa shape index (κ2) is 5.65. The molecule has 0 saturated carbocycles. The van der Waals surface area contributed by atoms with Gasteiger partial charge in [0, 0.05) is 39.1 Å². The van der Waals surface area contributed by atoms with Crippen molar-refractivity contribution in [2.24, 2.45) is 0 Å². The fourth-order valence-electron chi connectivity index (χ4n) is 1.65. The van der Waals surface area contributed by atoms with E-state index in [0.29, 0.717) is 0 Å². The van der Waals surface area contributed by atoms with Crippen molar-refractivity contribution in [3.8, 4) is 0 Å². The number of carbonyl (C=O) groups excluding carboxylic acids is 1. The van der Waals surface area contributed by atoms with E-state index in [4.69, 9.17) is 0 Å². The molecule has 16 heavy (non-hydrogen) atoms. The van der Waals surface area contributed by atoms with E-state index < -0.39 is 0 Å². The molecule has 1 aromatic heterocycles. The highest BCUT2D eigenvalue weighted by Crippen LogP contribution is 1.96. The molecule has 1 aromatic rings. The predicted octanol–water partition coefficient (Wildman–Crippen LogP) is 0.338. The third-order valence-electron chi connectivity index (χ3n) is 2.39. The number of likely N-dealkylation sites (N-methyl/N-ethyl adjacent to an activating group) is 1. The Morgan fingerprint density at radius 1 is 1.50 bits per heavy atom. The van der Waals surface area contributed by atoms with Gasteiger partial charge in [-0.1, -0.05) is 0 Å². The molecule has 2 unspecified atom stereocenters. The molecule has 0 spiro atoms. The van der Waals surface area contributed by atoms with Crippen molar-refractivity contribution in [2.45, 2.75) is 32.5 Å². The van der Waals surface area contributed by atoms with Crippen molar-refractivity contribution in [3.05, 3.63) is 18.7 Å². The topological polar surface area (TPSA) is 50.2 Å². The molecule has 2 atom stereocenters. The molecule has 0 bridgehead atoms. The zero-order chi connectivity index (χ0) is 12.1. The Morgan fingerprint density at radius 2 is 2.19 bits per heavy atom. The summed E-state index contributed by atoms with van der Waals surface area (Å²) in [4.78, 5) is 17.2. The summed E-state index contributed by atoms with van der Waals surface area (Å²) in [5, 5.41) is 3.26. The van der Waals surface area contributed by atoms with Gasteiger partial charge in [0.1, 0.15) is 0 Å². The van der Waals surface area contributed by atoms with Crippen LogP contribution in [0.4, 0.5) is 0 Å². The first-order chi connectivity index (χ1) is 7.50. The van der Waals surface area contributed by atoms with Gasteiger partial charge in [-0.2, -0.15) is 0 Å². The Kier molecular flexibility index (Phi) is 4.49. The molecule has 0 aromatic carbocycles. The van der Waals surface area contributed by atoms with Gasteiger partial charge < -0.3 is 14.8 Å². The number of nitrogens with one attached hydrogen (secondary N) is 1. The molecule has 5 heteroatoms. The van der Waals surface area contributed by atoms with Crippen LogP contribution in [0.3, 0.4) is 0 Å². The maximum atomic E-state index is 11.6. The first-order valence-corrected chi connectivity index (χ1v) is 5.43. The minimum atomic E-state index is -0.159. The first-order valence-electron chi connectivity index (χ1n) is 5.43. The van der Waals surface area contributed by atoms with Crippen LogP contribution in [0.5, 0.6) is 0 Å². The standard InChI is InChI=1S/C11H20N4O/c1-9(7-15-6-5-12-8-15)13-10(2)11(16)14(3)4/h5-6,8-10,13H,7H2,1-4H3. The molecule has 1 heterocycles. The van der Waals surface area contributed by atoms with Crippen molar-refractivity contribution in [2.75, 3.05) is 14.1 Å². The van der Waals surface area contributed by atoms with Crippen molar-refractivity contribution >= 4 is 5.91 Å². The van der Waals surface area contributed by atoms with E-state index in [1.165, 1.54) is 0 Å². The zero-order valence-electron chi connectivity index (χ0n) is 10.3. The summed E-state index contributed by atoms with van der Waals surface area (Å²) in [6, 6.07) is 0.0709. The van der Waals surface area contributed by atoms with E-state index in [0.717, 1.165) is 6.54 Å². The number of amides is 1. The van der Waals surface area contributed by atoms with Crippen LogP contribution in [0.15, 0.2) is 18.7 Å². The van der Waals surface area contributed by atoms with Crippen LogP contribution in [0.2, 0.25) is 0 Å². The largest absolute Gasteiger partial charge is 0.347 e. The minimum Gasteiger partial charge on any atom is -0.347 e. The Morgan fingerprint density at radius 3 is 2.69 bits per heavy atom. The van der Waals surface area contributed by atoms with E-state index >= 15 is 0 Å². The molecule has 0 aliphatic carbocycles. The molecule has 1 rings (SSSR count). The normalized spacial score (nSPS) is 14.5. The number of rotatable bonds is 5. The number of hydrogen-bond acceptors (Lipinski definition) is 3. The van der Waals surface area contributed by atoms with Crippen LogP contribution in [0.1, 0.15) is 13.8 Å². The number of aromatic nitrogens is 2. The highest BCUT2D eigenvalue weighted by atomic mass is 16.2. The van der Waals surface area contributed by atoms with Gasteiger partial charge in [0.15, 0.2) is 0 Å². The number of hydrogen-bond donors (Lipinski definition) is 1. The number of nitrogens with zero attached hydrogens (tertiary/aromatic N) is 3.